The van der Waals surface area contributed by atoms with Crippen LogP contribution in [0.25, 0.3) is 27.7 Å². The van der Waals surface area contributed by atoms with E-state index in [0.29, 0.717) is 34.2 Å². The van der Waals surface area contributed by atoms with Crippen LogP contribution in [0.5, 0.6) is 0 Å². The molecule has 4 rings (SSSR count). The number of carbonyl (C=O) groups is 1. The zero-order valence-corrected chi connectivity index (χ0v) is 20.4. The minimum absolute atomic E-state index is 0.189. The van der Waals surface area contributed by atoms with Crippen LogP contribution in [0.2, 0.25) is 5.02 Å². The number of nitrogen functional groups attached to an aromatic ring is 1. The second-order valence-corrected chi connectivity index (χ2v) is 8.63. The van der Waals surface area contributed by atoms with Crippen LogP contribution in [0, 0.1) is 0 Å². The van der Waals surface area contributed by atoms with E-state index in [0.717, 1.165) is 29.5 Å². The molecule has 2 aromatic heterocycles. The van der Waals surface area contributed by atoms with E-state index in [9.17, 15) is 9.90 Å². The average molecular weight is 494 g/mol. The van der Waals surface area contributed by atoms with Crippen molar-refractivity contribution in [3.8, 4) is 16.9 Å². The number of fused-ring (bicyclic) bond motifs is 1. The molecule has 182 valence electrons. The van der Waals surface area contributed by atoms with Crippen molar-refractivity contribution in [1.82, 2.24) is 30.2 Å². The summed E-state index contributed by atoms with van der Waals surface area (Å²) in [7, 11) is 0. The van der Waals surface area contributed by atoms with Gasteiger partial charge in [-0.15, -0.1) is 5.10 Å². The zero-order valence-electron chi connectivity index (χ0n) is 19.6. The number of nitrogens with two attached hydrogens (primary N) is 1. The third-order valence-electron chi connectivity index (χ3n) is 5.89. The Kier molecular flexibility index (Phi) is 7.60. The quantitative estimate of drug-likeness (QED) is 0.327. The summed E-state index contributed by atoms with van der Waals surface area (Å²) in [5.41, 5.74) is 8.61. The molecule has 1 unspecified atom stereocenters. The van der Waals surface area contributed by atoms with Crippen molar-refractivity contribution < 1.29 is 9.90 Å². The number of halogens is 1. The van der Waals surface area contributed by atoms with Gasteiger partial charge < -0.3 is 21.1 Å². The molecule has 4 N–H and O–H groups in total. The van der Waals surface area contributed by atoms with Gasteiger partial charge in [0.2, 0.25) is 0 Å². The number of rotatable bonds is 9. The highest BCUT2D eigenvalue weighted by molar-refractivity contribution is 6.31. The van der Waals surface area contributed by atoms with Crippen LogP contribution in [0.3, 0.4) is 0 Å². The molecule has 0 aliphatic rings. The number of aliphatic hydroxyl groups is 1. The molecule has 0 radical (unpaired) electrons. The van der Waals surface area contributed by atoms with Crippen LogP contribution in [0.4, 0.5) is 5.82 Å². The van der Waals surface area contributed by atoms with Crippen LogP contribution in [0.1, 0.15) is 24.2 Å². The number of amides is 1. The molecule has 0 aliphatic carbocycles. The number of carbonyl (C=O) groups excluding carboxylic acids is 1. The maximum atomic E-state index is 12.5. The number of anilines is 1. The van der Waals surface area contributed by atoms with E-state index in [2.05, 4.69) is 25.5 Å². The van der Waals surface area contributed by atoms with Gasteiger partial charge in [0.05, 0.1) is 23.6 Å². The molecular formula is C25H28ClN7O2. The van der Waals surface area contributed by atoms with Gasteiger partial charge in [0.1, 0.15) is 11.5 Å². The van der Waals surface area contributed by atoms with Gasteiger partial charge in [-0.05, 0) is 54.9 Å². The smallest absolute Gasteiger partial charge is 0.251 e. The van der Waals surface area contributed by atoms with Crippen LogP contribution in [-0.4, -0.2) is 68.2 Å². The van der Waals surface area contributed by atoms with Gasteiger partial charge in [-0.2, -0.15) is 0 Å². The predicted octanol–water partition coefficient (Wildman–Crippen LogP) is 3.15. The molecule has 0 spiro atoms. The monoisotopic (exact) mass is 493 g/mol. The number of hydrogen-bond donors (Lipinski definition) is 3. The molecule has 2 heterocycles. The number of benzene rings is 2. The van der Waals surface area contributed by atoms with Gasteiger partial charge in [0.25, 0.3) is 5.91 Å². The number of pyridine rings is 1. The van der Waals surface area contributed by atoms with Gasteiger partial charge in [-0.3, -0.25) is 4.79 Å². The summed E-state index contributed by atoms with van der Waals surface area (Å²) < 4.78 is 1.60. The molecule has 0 bridgehead atoms. The predicted molar refractivity (Wildman–Crippen MR) is 138 cm³/mol. The largest absolute Gasteiger partial charge is 0.390 e. The molecule has 4 aromatic rings. The van der Waals surface area contributed by atoms with Gasteiger partial charge >= 0.3 is 0 Å². The molecular weight excluding hydrogens is 466 g/mol. The van der Waals surface area contributed by atoms with E-state index in [1.54, 1.807) is 47.4 Å². The first-order valence-electron chi connectivity index (χ1n) is 11.4. The molecule has 9 nitrogen and oxygen atoms in total. The fourth-order valence-corrected chi connectivity index (χ4v) is 4.07. The number of likely N-dealkylation sites (N-methyl/N-ethyl adjacent to an activating group) is 1. The second kappa shape index (κ2) is 10.8. The topological polar surface area (TPSA) is 122 Å². The van der Waals surface area contributed by atoms with Crippen molar-refractivity contribution in [2.75, 3.05) is 31.9 Å². The van der Waals surface area contributed by atoms with Gasteiger partial charge in [0.15, 0.2) is 0 Å². The van der Waals surface area contributed by atoms with Gasteiger partial charge in [-0.25, -0.2) is 9.67 Å². The van der Waals surface area contributed by atoms with E-state index < -0.39 is 6.10 Å². The standard InChI is InChI=1S/C25H28ClN7O2/c1-3-32(4-2)14-20(34)13-29-25(35)16-6-9-19(10-7-16)33-15-22(30-31-33)23-21-11-18(26)8-5-17(21)12-28-24(23)27/h5-12,15,20,34H,3-4,13-14H2,1-2H3,(H2,27,28)(H,29,35). The van der Waals surface area contributed by atoms with Crippen molar-refractivity contribution in [3.05, 3.63) is 65.4 Å². The van der Waals surface area contributed by atoms with Crippen LogP contribution in [-0.2, 0) is 0 Å². The first-order valence-corrected chi connectivity index (χ1v) is 11.8. The lowest BCUT2D eigenvalue weighted by Crippen LogP contribution is -2.40. The molecule has 2 aromatic carbocycles. The minimum Gasteiger partial charge on any atom is -0.390 e. The van der Waals surface area contributed by atoms with Gasteiger partial charge in [0, 0.05) is 35.3 Å². The Hall–Kier alpha value is -3.53. The molecule has 1 atom stereocenters. The van der Waals surface area contributed by atoms with E-state index in [1.807, 2.05) is 26.0 Å². The molecule has 0 aliphatic heterocycles. The van der Waals surface area contributed by atoms with Crippen molar-refractivity contribution in [3.63, 3.8) is 0 Å². The highest BCUT2D eigenvalue weighted by Crippen LogP contribution is 2.33. The van der Waals surface area contributed by atoms with Crippen molar-refractivity contribution in [2.24, 2.45) is 0 Å². The summed E-state index contributed by atoms with van der Waals surface area (Å²) in [5.74, 6) is 0.0860. The number of aromatic nitrogens is 4. The minimum atomic E-state index is -0.627. The summed E-state index contributed by atoms with van der Waals surface area (Å²) in [6, 6.07) is 12.5. The highest BCUT2D eigenvalue weighted by Gasteiger charge is 2.15. The van der Waals surface area contributed by atoms with Gasteiger partial charge in [-0.1, -0.05) is 36.7 Å². The Balaban J connectivity index is 1.48. The van der Waals surface area contributed by atoms with E-state index >= 15 is 0 Å². The average Bonchev–Trinajstić information content (AvgIpc) is 3.35. The molecule has 0 saturated heterocycles. The maximum absolute atomic E-state index is 12.5. The maximum Gasteiger partial charge on any atom is 0.251 e. The molecule has 0 saturated carbocycles. The first kappa shape index (κ1) is 24.6. The van der Waals surface area contributed by atoms with Crippen LogP contribution < -0.4 is 11.1 Å². The SMILES string of the molecule is CCN(CC)CC(O)CNC(=O)c1ccc(-n2cc(-c3c(N)ncc4ccc(Cl)cc34)nn2)cc1. The summed E-state index contributed by atoms with van der Waals surface area (Å²) in [6.45, 7) is 6.49. The zero-order chi connectivity index (χ0) is 24.9. The number of hydrogen-bond acceptors (Lipinski definition) is 7. The summed E-state index contributed by atoms with van der Waals surface area (Å²) >= 11 is 6.20. The van der Waals surface area contributed by atoms with Crippen LogP contribution >= 0.6 is 11.6 Å². The molecule has 35 heavy (non-hydrogen) atoms. The fourth-order valence-electron chi connectivity index (χ4n) is 3.90. The van der Waals surface area contributed by atoms with Crippen LogP contribution in [0.15, 0.2) is 54.9 Å². The fraction of sp³-hybridized carbons (Fsp3) is 0.280. The summed E-state index contributed by atoms with van der Waals surface area (Å²) in [4.78, 5) is 18.9. The lowest BCUT2D eigenvalue weighted by Gasteiger charge is -2.22. The Morgan fingerprint density at radius 1 is 1.20 bits per heavy atom. The van der Waals surface area contributed by atoms with E-state index in [-0.39, 0.29) is 12.5 Å². The van der Waals surface area contributed by atoms with E-state index in [1.165, 1.54) is 0 Å². The normalized spacial score (nSPS) is 12.3. The lowest BCUT2D eigenvalue weighted by molar-refractivity contribution is 0.0869. The van der Waals surface area contributed by atoms with Crippen molar-refractivity contribution >= 4 is 34.1 Å². The lowest BCUT2D eigenvalue weighted by atomic mass is 10.0. The third-order valence-corrected chi connectivity index (χ3v) is 6.12. The number of aliphatic hydroxyl groups excluding tert-OH is 1. The third kappa shape index (κ3) is 5.59. The highest BCUT2D eigenvalue weighted by atomic mass is 35.5. The molecule has 1 amide bonds. The Morgan fingerprint density at radius 3 is 2.66 bits per heavy atom. The van der Waals surface area contributed by atoms with Crippen molar-refractivity contribution in [2.45, 2.75) is 20.0 Å². The first-order chi connectivity index (χ1) is 16.9. The molecule has 10 heteroatoms. The summed E-state index contributed by atoms with van der Waals surface area (Å²) in [5, 5.41) is 23.8. The molecule has 0 fully saturated rings. The second-order valence-electron chi connectivity index (χ2n) is 8.19. The Labute approximate surface area is 208 Å². The number of nitrogens with one attached hydrogen (secondary N) is 1. The van der Waals surface area contributed by atoms with Crippen molar-refractivity contribution in [1.29, 1.82) is 0 Å². The Bertz CT molecular complexity index is 1310. The summed E-state index contributed by atoms with van der Waals surface area (Å²) in [6.07, 6.45) is 2.82. The van der Waals surface area contributed by atoms with E-state index in [4.69, 9.17) is 17.3 Å². The number of nitrogens with zero attached hydrogens (tertiary/aromatic N) is 5. The Morgan fingerprint density at radius 2 is 1.94 bits per heavy atom.